The highest BCUT2D eigenvalue weighted by molar-refractivity contribution is 7.92. The SMILES string of the molecule is COc1ccc(OC)c(C(C)NC(=O)C(C)N(c2ccc(C)cc2)S(C)(=O)=O)c1. The molecule has 0 aromatic heterocycles. The lowest BCUT2D eigenvalue weighted by molar-refractivity contribution is -0.122. The summed E-state index contributed by atoms with van der Waals surface area (Å²) in [6.07, 6.45) is 1.09. The molecule has 7 nitrogen and oxygen atoms in total. The van der Waals surface area contributed by atoms with Crippen LogP contribution in [0.4, 0.5) is 5.69 Å². The van der Waals surface area contributed by atoms with E-state index in [4.69, 9.17) is 9.47 Å². The summed E-state index contributed by atoms with van der Waals surface area (Å²) < 4.78 is 36.6. The fourth-order valence-electron chi connectivity index (χ4n) is 3.09. The van der Waals surface area contributed by atoms with Gasteiger partial charge in [-0.25, -0.2) is 8.42 Å². The molecule has 0 saturated carbocycles. The highest BCUT2D eigenvalue weighted by Gasteiger charge is 2.30. The summed E-state index contributed by atoms with van der Waals surface area (Å²) in [5, 5.41) is 2.88. The molecular weight excluding hydrogens is 392 g/mol. The predicted molar refractivity (Wildman–Crippen MR) is 114 cm³/mol. The molecule has 0 bridgehead atoms. The molecule has 158 valence electrons. The van der Waals surface area contributed by atoms with Crippen LogP contribution in [0.25, 0.3) is 0 Å². The van der Waals surface area contributed by atoms with Crippen LogP contribution in [0.15, 0.2) is 42.5 Å². The molecule has 0 aliphatic rings. The number of hydrogen-bond acceptors (Lipinski definition) is 5. The topological polar surface area (TPSA) is 84.9 Å². The van der Waals surface area contributed by atoms with Gasteiger partial charge in [-0.15, -0.1) is 0 Å². The number of methoxy groups -OCH3 is 2. The molecule has 0 heterocycles. The molecule has 1 amide bonds. The first-order chi connectivity index (χ1) is 13.6. The maximum Gasteiger partial charge on any atom is 0.244 e. The van der Waals surface area contributed by atoms with Crippen molar-refractivity contribution in [3.8, 4) is 11.5 Å². The third-order valence-electron chi connectivity index (χ3n) is 4.64. The van der Waals surface area contributed by atoms with Gasteiger partial charge in [-0.3, -0.25) is 9.10 Å². The van der Waals surface area contributed by atoms with E-state index in [1.54, 1.807) is 58.4 Å². The smallest absolute Gasteiger partial charge is 0.244 e. The number of sulfonamides is 1. The van der Waals surface area contributed by atoms with Gasteiger partial charge in [0.1, 0.15) is 17.5 Å². The Morgan fingerprint density at radius 3 is 2.17 bits per heavy atom. The zero-order valence-corrected chi connectivity index (χ0v) is 18.4. The van der Waals surface area contributed by atoms with Crippen molar-refractivity contribution in [3.05, 3.63) is 53.6 Å². The second-order valence-electron chi connectivity index (χ2n) is 6.91. The van der Waals surface area contributed by atoms with Crippen LogP contribution in [0.5, 0.6) is 11.5 Å². The highest BCUT2D eigenvalue weighted by atomic mass is 32.2. The molecule has 0 spiro atoms. The molecule has 2 atom stereocenters. The number of benzene rings is 2. The zero-order valence-electron chi connectivity index (χ0n) is 17.6. The first-order valence-corrected chi connectivity index (χ1v) is 11.0. The molecule has 0 fully saturated rings. The van der Waals surface area contributed by atoms with Gasteiger partial charge in [-0.2, -0.15) is 0 Å². The number of nitrogens with zero attached hydrogens (tertiary/aromatic N) is 1. The van der Waals surface area contributed by atoms with Crippen molar-refractivity contribution in [2.75, 3.05) is 24.8 Å². The zero-order chi connectivity index (χ0) is 21.8. The summed E-state index contributed by atoms with van der Waals surface area (Å²) in [5.74, 6) is 0.811. The van der Waals surface area contributed by atoms with Gasteiger partial charge >= 0.3 is 0 Å². The molecule has 0 radical (unpaired) electrons. The fraction of sp³-hybridized carbons (Fsp3) is 0.381. The Morgan fingerprint density at radius 1 is 1.03 bits per heavy atom. The van der Waals surface area contributed by atoms with E-state index < -0.39 is 28.0 Å². The molecule has 29 heavy (non-hydrogen) atoms. The second kappa shape index (κ2) is 9.17. The van der Waals surface area contributed by atoms with Crippen LogP contribution >= 0.6 is 0 Å². The number of rotatable bonds is 8. The number of hydrogen-bond donors (Lipinski definition) is 1. The van der Waals surface area contributed by atoms with Gasteiger partial charge in [0.05, 0.1) is 32.2 Å². The third-order valence-corrected chi connectivity index (χ3v) is 5.88. The lowest BCUT2D eigenvalue weighted by Crippen LogP contribution is -2.48. The molecule has 2 unspecified atom stereocenters. The number of carbonyl (C=O) groups is 1. The first kappa shape index (κ1) is 22.5. The van der Waals surface area contributed by atoms with Crippen molar-refractivity contribution in [2.24, 2.45) is 0 Å². The minimum absolute atomic E-state index is 0.422. The predicted octanol–water partition coefficient (Wildman–Crippen LogP) is 3.04. The number of nitrogens with one attached hydrogen (secondary N) is 1. The van der Waals surface area contributed by atoms with Gasteiger partial charge in [-0.1, -0.05) is 17.7 Å². The Hall–Kier alpha value is -2.74. The van der Waals surface area contributed by atoms with Gasteiger partial charge < -0.3 is 14.8 Å². The van der Waals surface area contributed by atoms with E-state index in [0.29, 0.717) is 17.2 Å². The number of carbonyl (C=O) groups excluding carboxylic acids is 1. The third kappa shape index (κ3) is 5.41. The fourth-order valence-corrected chi connectivity index (χ4v) is 4.26. The van der Waals surface area contributed by atoms with Crippen molar-refractivity contribution in [2.45, 2.75) is 32.9 Å². The summed E-state index contributed by atoms with van der Waals surface area (Å²) in [4.78, 5) is 12.9. The number of aryl methyl sites for hydroxylation is 1. The van der Waals surface area contributed by atoms with Crippen LogP contribution in [0, 0.1) is 6.92 Å². The quantitative estimate of drug-likeness (QED) is 0.710. The lowest BCUT2D eigenvalue weighted by atomic mass is 10.1. The molecule has 2 rings (SSSR count). The summed E-state index contributed by atoms with van der Waals surface area (Å²) >= 11 is 0. The summed E-state index contributed by atoms with van der Waals surface area (Å²) in [6.45, 7) is 5.28. The Labute approximate surface area is 172 Å². The number of amides is 1. The van der Waals surface area contributed by atoms with E-state index in [9.17, 15) is 13.2 Å². The molecule has 2 aromatic carbocycles. The molecule has 2 aromatic rings. The largest absolute Gasteiger partial charge is 0.497 e. The van der Waals surface area contributed by atoms with Gasteiger partial charge in [0.2, 0.25) is 15.9 Å². The Kier molecular flexibility index (Phi) is 7.13. The molecule has 1 N–H and O–H groups in total. The van der Waals surface area contributed by atoms with E-state index in [0.717, 1.165) is 21.7 Å². The van der Waals surface area contributed by atoms with Crippen molar-refractivity contribution < 1.29 is 22.7 Å². The standard InChI is InChI=1S/C21H28N2O5S/c1-14-7-9-17(10-8-14)23(29(6,25)26)16(3)21(24)22-15(2)19-13-18(27-4)11-12-20(19)28-5/h7-13,15-16H,1-6H3,(H,22,24). The van der Waals surface area contributed by atoms with Crippen LogP contribution in [0.1, 0.15) is 31.0 Å². The van der Waals surface area contributed by atoms with E-state index >= 15 is 0 Å². The highest BCUT2D eigenvalue weighted by Crippen LogP contribution is 2.29. The van der Waals surface area contributed by atoms with Crippen molar-refractivity contribution >= 4 is 21.6 Å². The minimum atomic E-state index is -3.67. The van der Waals surface area contributed by atoms with Crippen LogP contribution in [0.3, 0.4) is 0 Å². The van der Waals surface area contributed by atoms with E-state index in [1.165, 1.54) is 0 Å². The molecule has 8 heteroatoms. The van der Waals surface area contributed by atoms with E-state index in [2.05, 4.69) is 5.32 Å². The van der Waals surface area contributed by atoms with Gasteiger partial charge in [0.15, 0.2) is 0 Å². The first-order valence-electron chi connectivity index (χ1n) is 9.16. The van der Waals surface area contributed by atoms with E-state index in [-0.39, 0.29) is 0 Å². The van der Waals surface area contributed by atoms with Crippen LogP contribution in [-0.4, -0.2) is 40.8 Å². The number of anilines is 1. The van der Waals surface area contributed by atoms with Crippen molar-refractivity contribution in [1.82, 2.24) is 5.32 Å². The average Bonchev–Trinajstić information content (AvgIpc) is 2.67. The van der Waals surface area contributed by atoms with Gasteiger partial charge in [0.25, 0.3) is 0 Å². The normalized spacial score (nSPS) is 13.3. The maximum absolute atomic E-state index is 12.9. The maximum atomic E-state index is 12.9. The molecule has 0 saturated heterocycles. The van der Waals surface area contributed by atoms with Gasteiger partial charge in [0, 0.05) is 5.56 Å². The van der Waals surface area contributed by atoms with Crippen LogP contribution in [-0.2, 0) is 14.8 Å². The summed E-state index contributed by atoms with van der Waals surface area (Å²) in [6, 6.07) is 10.9. The molecule has 0 aliphatic carbocycles. The number of ether oxygens (including phenoxy) is 2. The van der Waals surface area contributed by atoms with Gasteiger partial charge in [-0.05, 0) is 51.1 Å². The minimum Gasteiger partial charge on any atom is -0.497 e. The van der Waals surface area contributed by atoms with Crippen LogP contribution in [0.2, 0.25) is 0 Å². The molecular formula is C21H28N2O5S. The molecule has 0 aliphatic heterocycles. The Morgan fingerprint density at radius 2 is 1.66 bits per heavy atom. The van der Waals surface area contributed by atoms with Crippen molar-refractivity contribution in [3.63, 3.8) is 0 Å². The second-order valence-corrected chi connectivity index (χ2v) is 8.77. The van der Waals surface area contributed by atoms with E-state index in [1.807, 2.05) is 19.1 Å². The van der Waals surface area contributed by atoms with Crippen molar-refractivity contribution in [1.29, 1.82) is 0 Å². The van der Waals surface area contributed by atoms with Crippen LogP contribution < -0.4 is 19.1 Å². The summed E-state index contributed by atoms with van der Waals surface area (Å²) in [5.41, 5.74) is 2.17. The Balaban J connectivity index is 2.29. The lowest BCUT2D eigenvalue weighted by Gasteiger charge is -2.29. The Bertz CT molecular complexity index is 958. The summed E-state index contributed by atoms with van der Waals surface area (Å²) in [7, 11) is -0.566. The monoisotopic (exact) mass is 420 g/mol. The average molecular weight is 421 g/mol.